The van der Waals surface area contributed by atoms with Gasteiger partial charge in [-0.15, -0.1) is 0 Å². The maximum absolute atomic E-state index is 11.4. The Hall–Kier alpha value is -0.570. The first-order chi connectivity index (χ1) is 8.57. The third-order valence-corrected chi connectivity index (χ3v) is 5.12. The molecular formula is C15H27NO2. The van der Waals surface area contributed by atoms with Crippen molar-refractivity contribution in [2.24, 2.45) is 17.3 Å². The fraction of sp³-hybridized carbons (Fsp3) is 0.933. The average Bonchev–Trinajstić information content (AvgIpc) is 3.17. The van der Waals surface area contributed by atoms with Crippen LogP contribution >= 0.6 is 0 Å². The van der Waals surface area contributed by atoms with Gasteiger partial charge < -0.3 is 10.1 Å². The Morgan fingerprint density at radius 2 is 1.89 bits per heavy atom. The zero-order valence-corrected chi connectivity index (χ0v) is 12.0. The number of esters is 1. The van der Waals surface area contributed by atoms with Crippen molar-refractivity contribution in [2.45, 2.75) is 58.4 Å². The summed E-state index contributed by atoms with van der Waals surface area (Å²) >= 11 is 0. The largest absolute Gasteiger partial charge is 0.469 e. The molecule has 0 amide bonds. The smallest absolute Gasteiger partial charge is 0.308 e. The molecule has 0 radical (unpaired) electrons. The third-order valence-electron chi connectivity index (χ3n) is 5.12. The number of hydrogen-bond acceptors (Lipinski definition) is 3. The molecule has 104 valence electrons. The highest BCUT2D eigenvalue weighted by atomic mass is 16.5. The van der Waals surface area contributed by atoms with Crippen molar-refractivity contribution in [3.63, 3.8) is 0 Å². The lowest BCUT2D eigenvalue weighted by molar-refractivity contribution is -0.146. The standard InChI is InChI=1S/C15H27NO2/c1-11(2)15(8-9-15)10-16-13-6-4-12(5-7-13)14(17)18-3/h11-13,16H,4-10H2,1-3H3. The van der Waals surface area contributed by atoms with E-state index < -0.39 is 0 Å². The Morgan fingerprint density at radius 3 is 2.33 bits per heavy atom. The Bertz CT molecular complexity index is 289. The maximum atomic E-state index is 11.4. The van der Waals surface area contributed by atoms with E-state index in [1.165, 1.54) is 20.0 Å². The van der Waals surface area contributed by atoms with Crippen LogP contribution < -0.4 is 5.32 Å². The van der Waals surface area contributed by atoms with Gasteiger partial charge in [-0.3, -0.25) is 4.79 Å². The van der Waals surface area contributed by atoms with E-state index in [4.69, 9.17) is 4.74 Å². The summed E-state index contributed by atoms with van der Waals surface area (Å²) in [5.74, 6) is 0.915. The molecule has 0 saturated heterocycles. The topological polar surface area (TPSA) is 38.3 Å². The second-order valence-electron chi connectivity index (χ2n) is 6.47. The first-order valence-corrected chi connectivity index (χ1v) is 7.38. The molecule has 18 heavy (non-hydrogen) atoms. The van der Waals surface area contributed by atoms with Crippen molar-refractivity contribution in [3.8, 4) is 0 Å². The molecule has 0 bridgehead atoms. The lowest BCUT2D eigenvalue weighted by Gasteiger charge is -2.30. The second kappa shape index (κ2) is 5.60. The van der Waals surface area contributed by atoms with Crippen LogP contribution in [0.5, 0.6) is 0 Å². The van der Waals surface area contributed by atoms with Crippen molar-refractivity contribution in [3.05, 3.63) is 0 Å². The molecule has 3 nitrogen and oxygen atoms in total. The number of carbonyl (C=O) groups is 1. The van der Waals surface area contributed by atoms with Crippen LogP contribution in [0.25, 0.3) is 0 Å². The molecular weight excluding hydrogens is 226 g/mol. The van der Waals surface area contributed by atoms with Crippen LogP contribution in [0.2, 0.25) is 0 Å². The minimum Gasteiger partial charge on any atom is -0.469 e. The van der Waals surface area contributed by atoms with Crippen LogP contribution in [-0.4, -0.2) is 25.7 Å². The molecule has 0 aromatic heterocycles. The second-order valence-corrected chi connectivity index (χ2v) is 6.47. The number of ether oxygens (including phenoxy) is 1. The minimum absolute atomic E-state index is 0.0192. The Kier molecular flexibility index (Phi) is 4.31. The van der Waals surface area contributed by atoms with Gasteiger partial charge in [0.2, 0.25) is 0 Å². The van der Waals surface area contributed by atoms with Gasteiger partial charge >= 0.3 is 5.97 Å². The summed E-state index contributed by atoms with van der Waals surface area (Å²) < 4.78 is 4.82. The van der Waals surface area contributed by atoms with Gasteiger partial charge in [-0.05, 0) is 49.9 Å². The Morgan fingerprint density at radius 1 is 1.28 bits per heavy atom. The zero-order valence-electron chi connectivity index (χ0n) is 12.0. The quantitative estimate of drug-likeness (QED) is 0.766. The van der Waals surface area contributed by atoms with Gasteiger partial charge in [0.05, 0.1) is 13.0 Å². The SMILES string of the molecule is COC(=O)C1CCC(NCC2(C(C)C)CC2)CC1. The number of hydrogen-bond donors (Lipinski definition) is 1. The maximum Gasteiger partial charge on any atom is 0.308 e. The highest BCUT2D eigenvalue weighted by molar-refractivity contribution is 5.72. The zero-order chi connectivity index (χ0) is 13.2. The highest BCUT2D eigenvalue weighted by Gasteiger charge is 2.45. The summed E-state index contributed by atoms with van der Waals surface area (Å²) in [5, 5.41) is 3.73. The van der Waals surface area contributed by atoms with Crippen LogP contribution in [0.15, 0.2) is 0 Å². The predicted octanol–water partition coefficient (Wildman–Crippen LogP) is 2.74. The van der Waals surface area contributed by atoms with E-state index in [2.05, 4.69) is 19.2 Å². The first-order valence-electron chi connectivity index (χ1n) is 7.38. The number of nitrogens with one attached hydrogen (secondary N) is 1. The van der Waals surface area contributed by atoms with E-state index in [1.54, 1.807) is 0 Å². The molecule has 0 spiro atoms. The van der Waals surface area contributed by atoms with Gasteiger partial charge in [0.15, 0.2) is 0 Å². The molecule has 0 unspecified atom stereocenters. The van der Waals surface area contributed by atoms with Gasteiger partial charge in [0, 0.05) is 12.6 Å². The van der Waals surface area contributed by atoms with Crippen molar-refractivity contribution in [1.82, 2.24) is 5.32 Å². The lowest BCUT2D eigenvalue weighted by Crippen LogP contribution is -2.39. The molecule has 2 aliphatic rings. The summed E-state index contributed by atoms with van der Waals surface area (Å²) in [7, 11) is 1.49. The van der Waals surface area contributed by atoms with Crippen LogP contribution in [0, 0.1) is 17.3 Å². The van der Waals surface area contributed by atoms with E-state index in [1.807, 2.05) is 0 Å². The van der Waals surface area contributed by atoms with Gasteiger partial charge in [0.25, 0.3) is 0 Å². The summed E-state index contributed by atoms with van der Waals surface area (Å²) in [5.41, 5.74) is 0.583. The molecule has 3 heteroatoms. The molecule has 0 aromatic rings. The molecule has 0 heterocycles. The van der Waals surface area contributed by atoms with Crippen LogP contribution in [-0.2, 0) is 9.53 Å². The molecule has 2 aliphatic carbocycles. The van der Waals surface area contributed by atoms with E-state index in [0.717, 1.165) is 38.1 Å². The fourth-order valence-corrected chi connectivity index (χ4v) is 3.17. The molecule has 2 saturated carbocycles. The van der Waals surface area contributed by atoms with Crippen molar-refractivity contribution in [2.75, 3.05) is 13.7 Å². The molecule has 0 atom stereocenters. The summed E-state index contributed by atoms with van der Waals surface area (Å²) in [6.45, 7) is 5.84. The highest BCUT2D eigenvalue weighted by Crippen LogP contribution is 2.51. The van der Waals surface area contributed by atoms with E-state index >= 15 is 0 Å². The molecule has 1 N–H and O–H groups in total. The van der Waals surface area contributed by atoms with Crippen molar-refractivity contribution >= 4 is 5.97 Å². The van der Waals surface area contributed by atoms with Crippen molar-refractivity contribution < 1.29 is 9.53 Å². The van der Waals surface area contributed by atoms with Crippen LogP contribution in [0.1, 0.15) is 52.4 Å². The van der Waals surface area contributed by atoms with Gasteiger partial charge in [-0.25, -0.2) is 0 Å². The van der Waals surface area contributed by atoms with Gasteiger partial charge in [-0.2, -0.15) is 0 Å². The third kappa shape index (κ3) is 3.05. The average molecular weight is 253 g/mol. The van der Waals surface area contributed by atoms with E-state index in [9.17, 15) is 4.79 Å². The molecule has 2 rings (SSSR count). The minimum atomic E-state index is -0.0192. The van der Waals surface area contributed by atoms with Gasteiger partial charge in [-0.1, -0.05) is 13.8 Å². The summed E-state index contributed by atoms with van der Waals surface area (Å²) in [4.78, 5) is 11.4. The van der Waals surface area contributed by atoms with E-state index in [0.29, 0.717) is 11.5 Å². The van der Waals surface area contributed by atoms with Crippen LogP contribution in [0.4, 0.5) is 0 Å². The van der Waals surface area contributed by atoms with Crippen LogP contribution in [0.3, 0.4) is 0 Å². The first kappa shape index (κ1) is 13.9. The predicted molar refractivity (Wildman–Crippen MR) is 72.3 cm³/mol. The number of carbonyl (C=O) groups excluding carboxylic acids is 1. The van der Waals surface area contributed by atoms with Crippen molar-refractivity contribution in [1.29, 1.82) is 0 Å². The number of rotatable bonds is 5. The molecule has 0 aromatic carbocycles. The Balaban J connectivity index is 1.69. The van der Waals surface area contributed by atoms with E-state index in [-0.39, 0.29) is 11.9 Å². The lowest BCUT2D eigenvalue weighted by atomic mass is 9.85. The molecule has 2 fully saturated rings. The summed E-state index contributed by atoms with van der Waals surface area (Å²) in [6.07, 6.45) is 6.98. The van der Waals surface area contributed by atoms with Gasteiger partial charge in [0.1, 0.15) is 0 Å². The number of methoxy groups -OCH3 is 1. The molecule has 0 aliphatic heterocycles. The fourth-order valence-electron chi connectivity index (χ4n) is 3.17. The summed E-state index contributed by atoms with van der Waals surface area (Å²) in [6, 6.07) is 0.613. The normalized spacial score (nSPS) is 30.2. The Labute approximate surface area is 111 Å². The monoisotopic (exact) mass is 253 g/mol.